The third-order valence-corrected chi connectivity index (χ3v) is 2.62. The molecule has 14 heavy (non-hydrogen) atoms. The van der Waals surface area contributed by atoms with Crippen LogP contribution in [0.5, 0.6) is 0 Å². The van der Waals surface area contributed by atoms with E-state index in [-0.39, 0.29) is 5.92 Å². The lowest BCUT2D eigenvalue weighted by atomic mass is 9.94. The van der Waals surface area contributed by atoms with E-state index in [0.717, 1.165) is 11.8 Å². The molecule has 1 atom stereocenters. The molecule has 1 aromatic rings. The van der Waals surface area contributed by atoms with Crippen LogP contribution >= 0.6 is 11.6 Å². The van der Waals surface area contributed by atoms with Gasteiger partial charge in [0.15, 0.2) is 0 Å². The van der Waals surface area contributed by atoms with Gasteiger partial charge in [0.2, 0.25) is 0 Å². The minimum atomic E-state index is -0.585. The summed E-state index contributed by atoms with van der Waals surface area (Å²) >= 11 is 5.85. The minimum Gasteiger partial charge on any atom is -0.303 e. The summed E-state index contributed by atoms with van der Waals surface area (Å²) in [6.07, 6.45) is 1.24. The van der Waals surface area contributed by atoms with Gasteiger partial charge in [-0.3, -0.25) is 0 Å². The summed E-state index contributed by atoms with van der Waals surface area (Å²) in [6, 6.07) is 5.25. The molecule has 0 radical (unpaired) electrons. The topological polar surface area (TPSA) is 17.1 Å². The van der Waals surface area contributed by atoms with Crippen LogP contribution in [0.2, 0.25) is 5.02 Å². The molecule has 0 aliphatic rings. The van der Waals surface area contributed by atoms with Gasteiger partial charge in [0, 0.05) is 17.0 Å². The van der Waals surface area contributed by atoms with Crippen LogP contribution in [-0.4, -0.2) is 6.29 Å². The molecule has 76 valence electrons. The van der Waals surface area contributed by atoms with Gasteiger partial charge in [0.1, 0.15) is 13.0 Å². The van der Waals surface area contributed by atoms with Crippen molar-refractivity contribution in [1.82, 2.24) is 0 Å². The second-order valence-electron chi connectivity index (χ2n) is 3.24. The number of hydrogen-bond acceptors (Lipinski definition) is 1. The summed E-state index contributed by atoms with van der Waals surface area (Å²) < 4.78 is 12.7. The number of rotatable bonds is 4. The Hall–Kier alpha value is -0.890. The van der Waals surface area contributed by atoms with Gasteiger partial charge in [-0.05, 0) is 17.5 Å². The Bertz CT molecular complexity index is 325. The quantitative estimate of drug-likeness (QED) is 0.702. The molecule has 0 aromatic heterocycles. The molecule has 0 aliphatic heterocycles. The lowest BCUT2D eigenvalue weighted by Crippen LogP contribution is -1.99. The Morgan fingerprint density at radius 2 is 2.29 bits per heavy atom. The van der Waals surface area contributed by atoms with Crippen molar-refractivity contribution in [3.05, 3.63) is 34.3 Å². The molecule has 0 bridgehead atoms. The summed E-state index contributed by atoms with van der Waals surface area (Å²) in [6.45, 7) is 1.30. The molecule has 0 N–H and O–H groups in total. The van der Waals surface area contributed by atoms with Gasteiger partial charge in [0.25, 0.3) is 0 Å². The highest BCUT2D eigenvalue weighted by Crippen LogP contribution is 2.28. The summed E-state index contributed by atoms with van der Waals surface area (Å²) in [7, 11) is 0. The van der Waals surface area contributed by atoms with E-state index in [1.54, 1.807) is 12.1 Å². The molecule has 0 saturated carbocycles. The van der Waals surface area contributed by atoms with E-state index >= 15 is 0 Å². The van der Waals surface area contributed by atoms with Crippen LogP contribution in [0.1, 0.15) is 30.4 Å². The molecule has 0 aliphatic carbocycles. The van der Waals surface area contributed by atoms with Crippen LogP contribution in [0, 0.1) is 0 Å². The van der Waals surface area contributed by atoms with Crippen molar-refractivity contribution in [1.29, 1.82) is 0 Å². The first-order chi connectivity index (χ1) is 6.70. The van der Waals surface area contributed by atoms with Gasteiger partial charge in [-0.25, -0.2) is 4.39 Å². The van der Waals surface area contributed by atoms with Crippen molar-refractivity contribution in [2.75, 3.05) is 0 Å². The standard InChI is InChI=1S/C11H12ClFO/c1-8(5-6-14)9-3-2-4-11(12)10(9)7-13/h2-4,6,8H,5,7H2,1H3. The molecule has 1 nitrogen and oxygen atoms in total. The molecule has 1 rings (SSSR count). The number of halogens is 2. The zero-order valence-corrected chi connectivity index (χ0v) is 8.72. The fourth-order valence-corrected chi connectivity index (χ4v) is 1.68. The van der Waals surface area contributed by atoms with E-state index < -0.39 is 6.67 Å². The van der Waals surface area contributed by atoms with E-state index in [9.17, 15) is 9.18 Å². The number of hydrogen-bond donors (Lipinski definition) is 0. The van der Waals surface area contributed by atoms with E-state index in [1.807, 2.05) is 13.0 Å². The Kier molecular flexibility index (Phi) is 4.08. The van der Waals surface area contributed by atoms with E-state index in [4.69, 9.17) is 11.6 Å². The highest BCUT2D eigenvalue weighted by Gasteiger charge is 2.12. The fraction of sp³-hybridized carbons (Fsp3) is 0.364. The van der Waals surface area contributed by atoms with E-state index in [1.165, 1.54) is 0 Å². The first-order valence-corrected chi connectivity index (χ1v) is 4.85. The third kappa shape index (κ3) is 2.32. The van der Waals surface area contributed by atoms with Crippen molar-refractivity contribution in [3.8, 4) is 0 Å². The van der Waals surface area contributed by atoms with Gasteiger partial charge in [-0.15, -0.1) is 0 Å². The van der Waals surface area contributed by atoms with E-state index in [2.05, 4.69) is 0 Å². The van der Waals surface area contributed by atoms with Crippen molar-refractivity contribution in [3.63, 3.8) is 0 Å². The van der Waals surface area contributed by atoms with Crippen LogP contribution in [0.25, 0.3) is 0 Å². The average molecular weight is 215 g/mol. The molecule has 0 amide bonds. The maximum atomic E-state index is 12.7. The normalized spacial score (nSPS) is 12.5. The Balaban J connectivity index is 3.06. The third-order valence-electron chi connectivity index (χ3n) is 2.27. The molecule has 0 saturated heterocycles. The Morgan fingerprint density at radius 1 is 1.57 bits per heavy atom. The summed E-state index contributed by atoms with van der Waals surface area (Å²) in [5.74, 6) is 0.0250. The van der Waals surface area contributed by atoms with Crippen LogP contribution in [-0.2, 0) is 11.5 Å². The van der Waals surface area contributed by atoms with E-state index in [0.29, 0.717) is 17.0 Å². The van der Waals surface area contributed by atoms with Crippen molar-refractivity contribution in [2.45, 2.75) is 25.9 Å². The highest BCUT2D eigenvalue weighted by atomic mass is 35.5. The number of carbonyl (C=O) groups excluding carboxylic acids is 1. The summed E-state index contributed by atoms with van der Waals surface area (Å²) in [5.41, 5.74) is 1.33. The molecule has 3 heteroatoms. The Labute approximate surface area is 87.9 Å². The van der Waals surface area contributed by atoms with Crippen LogP contribution in [0.15, 0.2) is 18.2 Å². The predicted octanol–water partition coefficient (Wildman–Crippen LogP) is 3.50. The van der Waals surface area contributed by atoms with Crippen LogP contribution < -0.4 is 0 Å². The minimum absolute atomic E-state index is 0.0250. The van der Waals surface area contributed by atoms with Crippen molar-refractivity contribution >= 4 is 17.9 Å². The van der Waals surface area contributed by atoms with Gasteiger partial charge in [-0.1, -0.05) is 30.7 Å². The van der Waals surface area contributed by atoms with Gasteiger partial charge >= 0.3 is 0 Å². The zero-order valence-electron chi connectivity index (χ0n) is 7.97. The van der Waals surface area contributed by atoms with Gasteiger partial charge < -0.3 is 4.79 Å². The molecule has 1 aromatic carbocycles. The maximum absolute atomic E-state index is 12.7. The molecule has 1 unspecified atom stereocenters. The van der Waals surface area contributed by atoms with Gasteiger partial charge in [-0.2, -0.15) is 0 Å². The second kappa shape index (κ2) is 5.11. The fourth-order valence-electron chi connectivity index (χ4n) is 1.45. The Morgan fingerprint density at radius 3 is 2.86 bits per heavy atom. The van der Waals surface area contributed by atoms with Gasteiger partial charge in [0.05, 0.1) is 0 Å². The number of alkyl halides is 1. The first kappa shape index (κ1) is 11.2. The molecular formula is C11H12ClFO. The number of aldehydes is 1. The first-order valence-electron chi connectivity index (χ1n) is 4.47. The zero-order chi connectivity index (χ0) is 10.6. The van der Waals surface area contributed by atoms with Crippen LogP contribution in [0.4, 0.5) is 4.39 Å². The molecule has 0 fully saturated rings. The average Bonchev–Trinajstić information content (AvgIpc) is 2.17. The van der Waals surface area contributed by atoms with Crippen molar-refractivity contribution < 1.29 is 9.18 Å². The highest BCUT2D eigenvalue weighted by molar-refractivity contribution is 6.31. The lowest BCUT2D eigenvalue weighted by Gasteiger charge is -2.13. The van der Waals surface area contributed by atoms with Crippen molar-refractivity contribution in [2.24, 2.45) is 0 Å². The second-order valence-corrected chi connectivity index (χ2v) is 3.65. The SMILES string of the molecule is CC(CC=O)c1cccc(Cl)c1CF. The summed E-state index contributed by atoms with van der Waals surface area (Å²) in [4.78, 5) is 10.3. The number of carbonyl (C=O) groups is 1. The van der Waals surface area contributed by atoms with Crippen LogP contribution in [0.3, 0.4) is 0 Å². The maximum Gasteiger partial charge on any atom is 0.120 e. The smallest absolute Gasteiger partial charge is 0.120 e. The largest absolute Gasteiger partial charge is 0.303 e. The molecule has 0 spiro atoms. The number of benzene rings is 1. The summed E-state index contributed by atoms with van der Waals surface area (Å²) in [5, 5.41) is 0.433. The molecular weight excluding hydrogens is 203 g/mol. The predicted molar refractivity (Wildman–Crippen MR) is 55.4 cm³/mol. The molecule has 0 heterocycles. The lowest BCUT2D eigenvalue weighted by molar-refractivity contribution is -0.108. The monoisotopic (exact) mass is 214 g/mol.